The summed E-state index contributed by atoms with van der Waals surface area (Å²) in [6.45, 7) is 6.36. The Balaban J connectivity index is 2.07. The van der Waals surface area contributed by atoms with Gasteiger partial charge in [-0.25, -0.2) is 4.79 Å². The molecule has 2 aliphatic heterocycles. The number of ether oxygens (including phenoxy) is 3. The maximum atomic E-state index is 12.2. The van der Waals surface area contributed by atoms with Crippen LogP contribution in [0.2, 0.25) is 0 Å². The van der Waals surface area contributed by atoms with Crippen LogP contribution in [0.5, 0.6) is 0 Å². The van der Waals surface area contributed by atoms with Crippen molar-refractivity contribution in [2.75, 3.05) is 19.8 Å². The van der Waals surface area contributed by atoms with Crippen molar-refractivity contribution >= 4 is 12.1 Å². The summed E-state index contributed by atoms with van der Waals surface area (Å²) in [5, 5.41) is 8.87. The first-order chi connectivity index (χ1) is 9.26. The minimum absolute atomic E-state index is 0.136. The quantitative estimate of drug-likeness (QED) is 0.811. The van der Waals surface area contributed by atoms with Gasteiger partial charge in [0.05, 0.1) is 38.3 Å². The van der Waals surface area contributed by atoms with Gasteiger partial charge >= 0.3 is 12.1 Å². The highest BCUT2D eigenvalue weighted by Crippen LogP contribution is 2.26. The van der Waals surface area contributed by atoms with E-state index < -0.39 is 23.8 Å². The van der Waals surface area contributed by atoms with Gasteiger partial charge in [-0.15, -0.1) is 0 Å². The molecule has 1 amide bonds. The molecule has 2 aliphatic rings. The Morgan fingerprint density at radius 2 is 2.05 bits per heavy atom. The molecule has 0 aromatic heterocycles. The topological polar surface area (TPSA) is 85.3 Å². The summed E-state index contributed by atoms with van der Waals surface area (Å²) >= 11 is 0. The van der Waals surface area contributed by atoms with Crippen molar-refractivity contribution < 1.29 is 28.9 Å². The Labute approximate surface area is 117 Å². The molecule has 20 heavy (non-hydrogen) atoms. The number of amides is 1. The van der Waals surface area contributed by atoms with E-state index in [1.54, 1.807) is 25.7 Å². The van der Waals surface area contributed by atoms with Crippen LogP contribution in [-0.2, 0) is 19.0 Å². The molecule has 0 aromatic carbocycles. The van der Waals surface area contributed by atoms with E-state index in [0.717, 1.165) is 0 Å². The second kappa shape index (κ2) is 5.57. The number of morpholine rings is 1. The standard InChI is InChI=1S/C13H21NO6/c1-13(2,3)20-12(17)14-5-8(4-11(15)16)19-10-7-18-6-9(10)14/h8-10H,4-7H2,1-3H3,(H,15,16)/t8-,9+,10-/m1/s1. The Hall–Kier alpha value is -1.34. The molecule has 0 bridgehead atoms. The zero-order chi connectivity index (χ0) is 14.9. The lowest BCUT2D eigenvalue weighted by atomic mass is 10.1. The van der Waals surface area contributed by atoms with Gasteiger partial charge in [-0.1, -0.05) is 0 Å². The molecule has 7 nitrogen and oxygen atoms in total. The highest BCUT2D eigenvalue weighted by atomic mass is 16.6. The van der Waals surface area contributed by atoms with Gasteiger partial charge in [0.15, 0.2) is 0 Å². The number of carbonyl (C=O) groups is 2. The third-order valence-corrected chi connectivity index (χ3v) is 3.20. The normalized spacial score (nSPS) is 29.9. The molecule has 0 unspecified atom stereocenters. The molecular weight excluding hydrogens is 266 g/mol. The average Bonchev–Trinajstić information content (AvgIpc) is 2.72. The van der Waals surface area contributed by atoms with E-state index in [9.17, 15) is 9.59 Å². The summed E-state index contributed by atoms with van der Waals surface area (Å²) < 4.78 is 16.4. The molecule has 0 radical (unpaired) electrons. The lowest BCUT2D eigenvalue weighted by Gasteiger charge is -2.40. The molecular formula is C13H21NO6. The number of carboxylic acids is 1. The van der Waals surface area contributed by atoms with Gasteiger partial charge in [-0.2, -0.15) is 0 Å². The SMILES string of the molecule is CC(C)(C)OC(=O)N1C[C@@H](CC(=O)O)O[C@@H]2COC[C@@H]21. The fraction of sp³-hybridized carbons (Fsp3) is 0.846. The number of nitrogens with zero attached hydrogens (tertiary/aromatic N) is 1. The fourth-order valence-electron chi connectivity index (χ4n) is 2.43. The zero-order valence-corrected chi connectivity index (χ0v) is 12.0. The molecule has 7 heteroatoms. The lowest BCUT2D eigenvalue weighted by molar-refractivity contribution is -0.147. The van der Waals surface area contributed by atoms with Crippen LogP contribution in [0.1, 0.15) is 27.2 Å². The number of aliphatic carboxylic acids is 1. The van der Waals surface area contributed by atoms with Crippen LogP contribution in [0.15, 0.2) is 0 Å². The first-order valence-corrected chi connectivity index (χ1v) is 6.71. The monoisotopic (exact) mass is 287 g/mol. The molecule has 2 fully saturated rings. The van der Waals surface area contributed by atoms with Gasteiger partial charge in [-0.05, 0) is 20.8 Å². The Morgan fingerprint density at radius 3 is 2.65 bits per heavy atom. The number of carbonyl (C=O) groups excluding carboxylic acids is 1. The van der Waals surface area contributed by atoms with E-state index >= 15 is 0 Å². The first kappa shape index (κ1) is 15.1. The molecule has 0 saturated carbocycles. The summed E-state index contributed by atoms with van der Waals surface area (Å²) in [5.41, 5.74) is -0.591. The molecule has 2 rings (SSSR count). The number of hydrogen-bond acceptors (Lipinski definition) is 5. The van der Waals surface area contributed by atoms with Crippen LogP contribution in [0.25, 0.3) is 0 Å². The van der Waals surface area contributed by atoms with E-state index in [2.05, 4.69) is 0 Å². The summed E-state index contributed by atoms with van der Waals surface area (Å²) in [6, 6.07) is -0.199. The number of rotatable bonds is 2. The average molecular weight is 287 g/mol. The Bertz CT molecular complexity index is 391. The van der Waals surface area contributed by atoms with Gasteiger partial charge in [0, 0.05) is 0 Å². The first-order valence-electron chi connectivity index (χ1n) is 6.71. The van der Waals surface area contributed by atoms with Crippen LogP contribution in [0, 0.1) is 0 Å². The Morgan fingerprint density at radius 1 is 1.35 bits per heavy atom. The van der Waals surface area contributed by atoms with Crippen molar-refractivity contribution in [2.45, 2.75) is 51.0 Å². The Kier molecular flexibility index (Phi) is 4.19. The predicted molar refractivity (Wildman–Crippen MR) is 68.5 cm³/mol. The lowest BCUT2D eigenvalue weighted by Crippen LogP contribution is -2.57. The minimum atomic E-state index is -0.948. The van der Waals surface area contributed by atoms with Gasteiger partial charge < -0.3 is 19.3 Å². The van der Waals surface area contributed by atoms with Crippen molar-refractivity contribution in [3.63, 3.8) is 0 Å². The molecule has 0 aliphatic carbocycles. The molecule has 1 N–H and O–H groups in total. The van der Waals surface area contributed by atoms with Crippen LogP contribution in [0.3, 0.4) is 0 Å². The maximum Gasteiger partial charge on any atom is 0.410 e. The number of hydrogen-bond donors (Lipinski definition) is 1. The summed E-state index contributed by atoms with van der Waals surface area (Å²) in [7, 11) is 0. The second-order valence-corrected chi connectivity index (χ2v) is 6.13. The molecule has 2 heterocycles. The van der Waals surface area contributed by atoms with E-state index in [1.807, 2.05) is 0 Å². The van der Waals surface area contributed by atoms with Crippen LogP contribution in [-0.4, -0.2) is 65.7 Å². The van der Waals surface area contributed by atoms with Crippen molar-refractivity contribution in [1.29, 1.82) is 0 Å². The minimum Gasteiger partial charge on any atom is -0.481 e. The molecule has 2 saturated heterocycles. The largest absolute Gasteiger partial charge is 0.481 e. The van der Waals surface area contributed by atoms with Gasteiger partial charge in [0.25, 0.3) is 0 Å². The molecule has 0 aromatic rings. The third kappa shape index (κ3) is 3.61. The van der Waals surface area contributed by atoms with Gasteiger partial charge in [-0.3, -0.25) is 9.69 Å². The highest BCUT2D eigenvalue weighted by molar-refractivity contribution is 5.70. The predicted octanol–water partition coefficient (Wildman–Crippen LogP) is 0.864. The number of carboxylic acid groups (broad SMARTS) is 1. The molecule has 0 spiro atoms. The number of fused-ring (bicyclic) bond motifs is 1. The van der Waals surface area contributed by atoms with E-state index in [4.69, 9.17) is 19.3 Å². The summed E-state index contributed by atoms with van der Waals surface area (Å²) in [6.07, 6.45) is -1.39. The van der Waals surface area contributed by atoms with Gasteiger partial charge in [0.1, 0.15) is 11.7 Å². The summed E-state index contributed by atoms with van der Waals surface area (Å²) in [5.74, 6) is -0.948. The zero-order valence-electron chi connectivity index (χ0n) is 12.0. The molecule has 114 valence electrons. The third-order valence-electron chi connectivity index (χ3n) is 3.20. The van der Waals surface area contributed by atoms with E-state index in [0.29, 0.717) is 13.2 Å². The van der Waals surface area contributed by atoms with Crippen LogP contribution >= 0.6 is 0 Å². The van der Waals surface area contributed by atoms with Crippen molar-refractivity contribution in [3.8, 4) is 0 Å². The molecule has 3 atom stereocenters. The van der Waals surface area contributed by atoms with E-state index in [-0.39, 0.29) is 25.1 Å². The van der Waals surface area contributed by atoms with Crippen molar-refractivity contribution in [1.82, 2.24) is 4.90 Å². The fourth-order valence-corrected chi connectivity index (χ4v) is 2.43. The van der Waals surface area contributed by atoms with Crippen molar-refractivity contribution in [2.24, 2.45) is 0 Å². The highest BCUT2D eigenvalue weighted by Gasteiger charge is 2.44. The smallest absolute Gasteiger partial charge is 0.410 e. The second-order valence-electron chi connectivity index (χ2n) is 6.13. The van der Waals surface area contributed by atoms with Gasteiger partial charge in [0.2, 0.25) is 0 Å². The van der Waals surface area contributed by atoms with Crippen LogP contribution < -0.4 is 0 Å². The maximum absolute atomic E-state index is 12.2. The van der Waals surface area contributed by atoms with Crippen molar-refractivity contribution in [3.05, 3.63) is 0 Å². The van der Waals surface area contributed by atoms with Crippen LogP contribution in [0.4, 0.5) is 4.79 Å². The van der Waals surface area contributed by atoms with E-state index in [1.165, 1.54) is 0 Å². The summed E-state index contributed by atoms with van der Waals surface area (Å²) in [4.78, 5) is 24.6.